The standard InChI is InChI=1S/C10H20O/c1-4-9(2)5-7-10(3,11)8-6-9/h11H,4-8H2,1-3H3. The van der Waals surface area contributed by atoms with Crippen LogP contribution in [0.2, 0.25) is 0 Å². The first-order chi connectivity index (χ1) is 4.97. The lowest BCUT2D eigenvalue weighted by Crippen LogP contribution is -2.34. The Balaban J connectivity index is 2.48. The fraction of sp³-hybridized carbons (Fsp3) is 1.00. The summed E-state index contributed by atoms with van der Waals surface area (Å²) >= 11 is 0. The molecule has 0 heterocycles. The highest BCUT2D eigenvalue weighted by Gasteiger charge is 2.34. The molecule has 0 bridgehead atoms. The second-order valence-corrected chi connectivity index (χ2v) is 4.66. The molecule has 1 nitrogen and oxygen atoms in total. The maximum absolute atomic E-state index is 9.70. The van der Waals surface area contributed by atoms with E-state index in [4.69, 9.17) is 0 Å². The van der Waals surface area contributed by atoms with Crippen LogP contribution in [0, 0.1) is 5.41 Å². The molecule has 1 N–H and O–H groups in total. The molecule has 0 aliphatic heterocycles. The van der Waals surface area contributed by atoms with Crippen molar-refractivity contribution in [2.45, 2.75) is 58.5 Å². The molecule has 0 radical (unpaired) electrons. The zero-order valence-electron chi connectivity index (χ0n) is 7.98. The van der Waals surface area contributed by atoms with Gasteiger partial charge in [0.1, 0.15) is 0 Å². The first kappa shape index (κ1) is 9.05. The summed E-state index contributed by atoms with van der Waals surface area (Å²) in [5, 5.41) is 9.70. The van der Waals surface area contributed by atoms with Gasteiger partial charge in [0.15, 0.2) is 0 Å². The first-order valence-electron chi connectivity index (χ1n) is 4.70. The molecule has 11 heavy (non-hydrogen) atoms. The third-order valence-electron chi connectivity index (χ3n) is 3.39. The van der Waals surface area contributed by atoms with Crippen molar-refractivity contribution in [2.75, 3.05) is 0 Å². The van der Waals surface area contributed by atoms with E-state index in [1.165, 1.54) is 19.3 Å². The molecule has 0 atom stereocenters. The lowest BCUT2D eigenvalue weighted by Gasteiger charge is -2.39. The number of hydrogen-bond donors (Lipinski definition) is 1. The van der Waals surface area contributed by atoms with E-state index in [2.05, 4.69) is 13.8 Å². The van der Waals surface area contributed by atoms with Crippen LogP contribution >= 0.6 is 0 Å². The summed E-state index contributed by atoms with van der Waals surface area (Å²) in [6.45, 7) is 6.55. The van der Waals surface area contributed by atoms with Crippen LogP contribution in [-0.4, -0.2) is 10.7 Å². The highest BCUT2D eigenvalue weighted by Crippen LogP contribution is 2.42. The third-order valence-corrected chi connectivity index (χ3v) is 3.39. The summed E-state index contributed by atoms with van der Waals surface area (Å²) in [7, 11) is 0. The Kier molecular flexibility index (Phi) is 2.29. The molecule has 1 aliphatic carbocycles. The van der Waals surface area contributed by atoms with Crippen molar-refractivity contribution in [3.63, 3.8) is 0 Å². The highest BCUT2D eigenvalue weighted by molar-refractivity contribution is 4.87. The summed E-state index contributed by atoms with van der Waals surface area (Å²) in [4.78, 5) is 0. The van der Waals surface area contributed by atoms with Crippen molar-refractivity contribution in [3.8, 4) is 0 Å². The summed E-state index contributed by atoms with van der Waals surface area (Å²) in [6.07, 6.45) is 5.60. The van der Waals surface area contributed by atoms with E-state index >= 15 is 0 Å². The molecule has 0 aromatic carbocycles. The largest absolute Gasteiger partial charge is 0.390 e. The van der Waals surface area contributed by atoms with E-state index in [1.54, 1.807) is 0 Å². The van der Waals surface area contributed by atoms with Crippen LogP contribution < -0.4 is 0 Å². The molecule has 66 valence electrons. The van der Waals surface area contributed by atoms with Gasteiger partial charge < -0.3 is 5.11 Å². The molecule has 0 saturated heterocycles. The molecular weight excluding hydrogens is 136 g/mol. The topological polar surface area (TPSA) is 20.2 Å². The molecule has 0 aromatic rings. The normalized spacial score (nSPS) is 45.8. The lowest BCUT2D eigenvalue weighted by molar-refractivity contribution is -0.0154. The van der Waals surface area contributed by atoms with Crippen molar-refractivity contribution >= 4 is 0 Å². The third kappa shape index (κ3) is 2.19. The van der Waals surface area contributed by atoms with Gasteiger partial charge >= 0.3 is 0 Å². The van der Waals surface area contributed by atoms with Crippen molar-refractivity contribution < 1.29 is 5.11 Å². The van der Waals surface area contributed by atoms with E-state index in [-0.39, 0.29) is 5.60 Å². The fourth-order valence-electron chi connectivity index (χ4n) is 1.75. The van der Waals surface area contributed by atoms with Crippen LogP contribution in [0.15, 0.2) is 0 Å². The molecule has 0 amide bonds. The van der Waals surface area contributed by atoms with E-state index in [9.17, 15) is 5.11 Å². The number of hydrogen-bond acceptors (Lipinski definition) is 1. The monoisotopic (exact) mass is 156 g/mol. The Bertz CT molecular complexity index is 128. The van der Waals surface area contributed by atoms with Crippen LogP contribution in [0.4, 0.5) is 0 Å². The van der Waals surface area contributed by atoms with Crippen molar-refractivity contribution in [2.24, 2.45) is 5.41 Å². The average Bonchev–Trinajstić information content (AvgIpc) is 1.97. The van der Waals surface area contributed by atoms with Gasteiger partial charge in [0.25, 0.3) is 0 Å². The number of rotatable bonds is 1. The van der Waals surface area contributed by atoms with Gasteiger partial charge in [-0.05, 0) is 38.0 Å². The summed E-state index contributed by atoms with van der Waals surface area (Å²) in [5.41, 5.74) is 0.150. The van der Waals surface area contributed by atoms with Crippen LogP contribution in [-0.2, 0) is 0 Å². The van der Waals surface area contributed by atoms with Gasteiger partial charge in [0.2, 0.25) is 0 Å². The van der Waals surface area contributed by atoms with Gasteiger partial charge in [0.05, 0.1) is 5.60 Å². The van der Waals surface area contributed by atoms with Crippen molar-refractivity contribution in [1.82, 2.24) is 0 Å². The molecule has 0 aromatic heterocycles. The van der Waals surface area contributed by atoms with Crippen molar-refractivity contribution in [3.05, 3.63) is 0 Å². The molecule has 0 unspecified atom stereocenters. The quantitative estimate of drug-likeness (QED) is 0.619. The fourth-order valence-corrected chi connectivity index (χ4v) is 1.75. The first-order valence-corrected chi connectivity index (χ1v) is 4.70. The van der Waals surface area contributed by atoms with Crippen LogP contribution in [0.25, 0.3) is 0 Å². The molecule has 1 aliphatic rings. The summed E-state index contributed by atoms with van der Waals surface area (Å²) < 4.78 is 0. The van der Waals surface area contributed by atoms with Gasteiger partial charge in [-0.3, -0.25) is 0 Å². The Morgan fingerprint density at radius 3 is 1.91 bits per heavy atom. The minimum atomic E-state index is -0.366. The van der Waals surface area contributed by atoms with Crippen molar-refractivity contribution in [1.29, 1.82) is 0 Å². The van der Waals surface area contributed by atoms with Gasteiger partial charge in [0, 0.05) is 0 Å². The van der Waals surface area contributed by atoms with E-state index in [0.717, 1.165) is 12.8 Å². The zero-order chi connectivity index (χ0) is 8.54. The van der Waals surface area contributed by atoms with Gasteiger partial charge in [-0.25, -0.2) is 0 Å². The minimum Gasteiger partial charge on any atom is -0.390 e. The Hall–Kier alpha value is -0.0400. The summed E-state index contributed by atoms with van der Waals surface area (Å²) in [6, 6.07) is 0. The van der Waals surface area contributed by atoms with Gasteiger partial charge in [-0.1, -0.05) is 20.3 Å². The second-order valence-electron chi connectivity index (χ2n) is 4.66. The van der Waals surface area contributed by atoms with Gasteiger partial charge in [-0.2, -0.15) is 0 Å². The van der Waals surface area contributed by atoms with E-state index in [0.29, 0.717) is 5.41 Å². The Labute approximate surface area is 69.8 Å². The highest BCUT2D eigenvalue weighted by atomic mass is 16.3. The van der Waals surface area contributed by atoms with Gasteiger partial charge in [-0.15, -0.1) is 0 Å². The molecular formula is C10H20O. The number of aliphatic hydroxyl groups is 1. The Morgan fingerprint density at radius 2 is 1.55 bits per heavy atom. The summed E-state index contributed by atoms with van der Waals surface area (Å²) in [5.74, 6) is 0. The SMILES string of the molecule is CCC1(C)CCC(C)(O)CC1. The molecule has 1 heteroatoms. The lowest BCUT2D eigenvalue weighted by atomic mass is 9.69. The smallest absolute Gasteiger partial charge is 0.0620 e. The molecule has 1 rings (SSSR count). The maximum atomic E-state index is 9.70. The van der Waals surface area contributed by atoms with E-state index < -0.39 is 0 Å². The van der Waals surface area contributed by atoms with Crippen LogP contribution in [0.1, 0.15) is 52.9 Å². The maximum Gasteiger partial charge on any atom is 0.0620 e. The predicted molar refractivity (Wildman–Crippen MR) is 47.5 cm³/mol. The predicted octanol–water partition coefficient (Wildman–Crippen LogP) is 2.73. The van der Waals surface area contributed by atoms with E-state index in [1.807, 2.05) is 6.92 Å². The van der Waals surface area contributed by atoms with Crippen LogP contribution in [0.3, 0.4) is 0 Å². The average molecular weight is 156 g/mol. The Morgan fingerprint density at radius 1 is 1.09 bits per heavy atom. The molecule has 1 saturated carbocycles. The molecule has 0 spiro atoms. The zero-order valence-corrected chi connectivity index (χ0v) is 7.98. The molecule has 1 fully saturated rings. The second kappa shape index (κ2) is 2.78. The van der Waals surface area contributed by atoms with Crippen LogP contribution in [0.5, 0.6) is 0 Å². The minimum absolute atomic E-state index is 0.366.